The zero-order valence-electron chi connectivity index (χ0n) is 9.43. The first-order valence-corrected chi connectivity index (χ1v) is 4.89. The van der Waals surface area contributed by atoms with Crippen molar-refractivity contribution in [2.45, 2.75) is 25.7 Å². The number of carboxylic acid groups (broad SMARTS) is 2. The highest BCUT2D eigenvalue weighted by atomic mass is 16.4. The second-order valence-corrected chi connectivity index (χ2v) is 3.41. The van der Waals surface area contributed by atoms with E-state index in [0.717, 1.165) is 0 Å². The van der Waals surface area contributed by atoms with Gasteiger partial charge in [0.2, 0.25) is 0 Å². The molecule has 100 valence electrons. The lowest BCUT2D eigenvalue weighted by atomic mass is 9.82. The van der Waals surface area contributed by atoms with Crippen molar-refractivity contribution >= 4 is 11.9 Å². The van der Waals surface area contributed by atoms with Gasteiger partial charge >= 0.3 is 11.9 Å². The van der Waals surface area contributed by atoms with Gasteiger partial charge in [-0.05, 0) is 36.1 Å². The van der Waals surface area contributed by atoms with Crippen molar-refractivity contribution in [1.29, 1.82) is 5.53 Å². The Hall–Kier alpha value is -2.44. The molecule has 0 bridgehead atoms. The maximum Gasteiger partial charge on any atom is 0.306 e. The molecule has 0 aromatic rings. The van der Waals surface area contributed by atoms with Gasteiger partial charge in [-0.2, -0.15) is 0 Å². The van der Waals surface area contributed by atoms with E-state index >= 15 is 0 Å². The fourth-order valence-corrected chi connectivity index (χ4v) is 1.59. The number of carbonyl (C=O) groups is 2. The van der Waals surface area contributed by atoms with Gasteiger partial charge in [0, 0.05) is 0 Å². The van der Waals surface area contributed by atoms with E-state index in [-0.39, 0.29) is 11.8 Å². The number of rotatable bonds is 2. The molecule has 10 heteroatoms. The normalized spacial score (nSPS) is 20.7. The highest BCUT2D eigenvalue weighted by Gasteiger charge is 2.29. The Balaban J connectivity index is 0. The number of hydrogen-bond donors (Lipinski definition) is 3. The third-order valence-corrected chi connectivity index (χ3v) is 2.43. The Morgan fingerprint density at radius 2 is 1.11 bits per heavy atom. The Morgan fingerprint density at radius 1 is 0.944 bits per heavy atom. The van der Waals surface area contributed by atoms with Crippen LogP contribution in [0.3, 0.4) is 0 Å². The second-order valence-electron chi connectivity index (χ2n) is 3.41. The highest BCUT2D eigenvalue weighted by molar-refractivity contribution is 5.72. The molecule has 0 aliphatic heterocycles. The van der Waals surface area contributed by atoms with Crippen LogP contribution in [0.25, 0.3) is 26.4 Å². The summed E-state index contributed by atoms with van der Waals surface area (Å²) in [6, 6.07) is 0. The van der Waals surface area contributed by atoms with E-state index in [0.29, 0.717) is 25.7 Å². The van der Waals surface area contributed by atoms with Crippen molar-refractivity contribution in [2.75, 3.05) is 0 Å². The zero-order chi connectivity index (χ0) is 14.6. The summed E-state index contributed by atoms with van der Waals surface area (Å²) in [6.45, 7) is 0. The minimum Gasteiger partial charge on any atom is -0.481 e. The number of hydrogen-bond acceptors (Lipinski definition) is 3. The van der Waals surface area contributed by atoms with E-state index in [9.17, 15) is 9.59 Å². The van der Waals surface area contributed by atoms with E-state index in [4.69, 9.17) is 32.3 Å². The van der Waals surface area contributed by atoms with E-state index in [2.05, 4.69) is 0 Å². The van der Waals surface area contributed by atoms with Crippen molar-refractivity contribution < 1.29 is 19.8 Å². The lowest BCUT2D eigenvalue weighted by Crippen LogP contribution is -2.25. The monoisotopic (exact) mass is 257 g/mol. The minimum atomic E-state index is -0.793. The average molecular weight is 257 g/mol. The molecule has 0 heterocycles. The van der Waals surface area contributed by atoms with Gasteiger partial charge < -0.3 is 21.3 Å². The van der Waals surface area contributed by atoms with Crippen molar-refractivity contribution in [1.82, 2.24) is 0 Å². The quantitative estimate of drug-likeness (QED) is 0.388. The summed E-state index contributed by atoms with van der Waals surface area (Å²) in [4.78, 5) is 24.2. The van der Waals surface area contributed by atoms with E-state index in [1.54, 1.807) is 4.91 Å². The summed E-state index contributed by atoms with van der Waals surface area (Å²) in [5.74, 6) is -2.22. The molecular weight excluding hydrogens is 244 g/mol. The third-order valence-electron chi connectivity index (χ3n) is 2.43. The second kappa shape index (κ2) is 11.1. The van der Waals surface area contributed by atoms with Crippen LogP contribution in [0.1, 0.15) is 25.7 Å². The summed E-state index contributed by atoms with van der Waals surface area (Å²) < 4.78 is 0. The molecule has 0 saturated heterocycles. The molecule has 0 aromatic heterocycles. The van der Waals surface area contributed by atoms with Gasteiger partial charge in [-0.15, -0.1) is 5.53 Å². The van der Waals surface area contributed by atoms with Gasteiger partial charge in [-0.1, -0.05) is 0 Å². The predicted molar refractivity (Wildman–Crippen MR) is 60.2 cm³/mol. The van der Waals surface area contributed by atoms with Gasteiger partial charge in [0.25, 0.3) is 0 Å². The van der Waals surface area contributed by atoms with Crippen molar-refractivity contribution in [3.8, 4) is 0 Å². The molecule has 18 heavy (non-hydrogen) atoms. The summed E-state index contributed by atoms with van der Waals surface area (Å²) in [6.07, 6.45) is 2.03. The third kappa shape index (κ3) is 8.84. The Bertz CT molecular complexity index is 303. The molecule has 1 saturated carbocycles. The van der Waals surface area contributed by atoms with Crippen molar-refractivity contribution in [3.63, 3.8) is 0 Å². The summed E-state index contributed by atoms with van der Waals surface area (Å²) in [5.41, 5.74) is 25.8. The van der Waals surface area contributed by atoms with Gasteiger partial charge in [-0.25, -0.2) is 0 Å². The molecule has 0 unspecified atom stereocenters. The molecule has 1 aliphatic carbocycles. The standard InChI is InChI=1S/C8H12O4.HN3.N3/c9-7(10)5-1-2-6(4-3-5)8(11)12;2*1-3-2/h5-6H,1-4H2,(H,9,10)(H,11,12);1H;/q;;-1/t5-,6-;;. The molecular formula is C8H13N6O4-. The van der Waals surface area contributed by atoms with Crippen molar-refractivity contribution in [2.24, 2.45) is 11.8 Å². The number of carboxylic acids is 2. The van der Waals surface area contributed by atoms with Gasteiger partial charge in [0.15, 0.2) is 0 Å². The number of nitrogens with zero attached hydrogens (tertiary/aromatic N) is 5. The molecule has 10 nitrogen and oxygen atoms in total. The minimum absolute atomic E-state index is 0.319. The number of aliphatic carboxylic acids is 2. The lowest BCUT2D eigenvalue weighted by Gasteiger charge is -2.22. The smallest absolute Gasteiger partial charge is 0.306 e. The first-order chi connectivity index (χ1) is 8.44. The van der Waals surface area contributed by atoms with Crippen LogP contribution in [-0.2, 0) is 9.59 Å². The van der Waals surface area contributed by atoms with Crippen LogP contribution in [0.5, 0.6) is 0 Å². The Morgan fingerprint density at radius 3 is 1.22 bits per heavy atom. The zero-order valence-corrected chi connectivity index (χ0v) is 9.43. The fraction of sp³-hybridized carbons (Fsp3) is 0.750. The summed E-state index contributed by atoms with van der Waals surface area (Å²) >= 11 is 0. The SMILES string of the molecule is O=C(O)[C@H]1CC[C@H](C(=O)O)CC1.[N-]=[N+]=N.[N-]=[N+]=[N-]. The van der Waals surface area contributed by atoms with Crippen LogP contribution in [0, 0.1) is 17.4 Å². The first-order valence-electron chi connectivity index (χ1n) is 4.89. The predicted octanol–water partition coefficient (Wildman–Crippen LogP) is 2.70. The van der Waals surface area contributed by atoms with Gasteiger partial charge in [0.1, 0.15) is 0 Å². The number of nitrogens with one attached hydrogen (secondary N) is 1. The Labute approximate surface area is 102 Å². The van der Waals surface area contributed by atoms with E-state index in [1.165, 1.54) is 4.91 Å². The summed E-state index contributed by atoms with van der Waals surface area (Å²) in [7, 11) is 0. The van der Waals surface area contributed by atoms with Crippen LogP contribution >= 0.6 is 0 Å². The van der Waals surface area contributed by atoms with Crippen LogP contribution in [0.4, 0.5) is 0 Å². The first kappa shape index (κ1) is 17.9. The molecule has 3 N–H and O–H groups in total. The van der Waals surface area contributed by atoms with Crippen LogP contribution < -0.4 is 0 Å². The topological polar surface area (TPSA) is 194 Å². The van der Waals surface area contributed by atoms with Crippen LogP contribution in [0.2, 0.25) is 0 Å². The average Bonchev–Trinajstić information content (AvgIpc) is 2.31. The fourth-order valence-electron chi connectivity index (χ4n) is 1.59. The summed E-state index contributed by atoms with van der Waals surface area (Å²) in [5, 5.41) is 17.2. The lowest BCUT2D eigenvalue weighted by molar-refractivity contribution is -0.148. The maximum absolute atomic E-state index is 10.5. The molecule has 1 aliphatic rings. The van der Waals surface area contributed by atoms with Gasteiger partial charge in [-0.3, -0.25) is 14.5 Å². The van der Waals surface area contributed by atoms with E-state index in [1.807, 2.05) is 0 Å². The maximum atomic E-state index is 10.5. The van der Waals surface area contributed by atoms with Crippen LogP contribution in [-0.4, -0.2) is 22.2 Å². The van der Waals surface area contributed by atoms with Crippen LogP contribution in [0.15, 0.2) is 0 Å². The molecule has 0 aromatic carbocycles. The molecule has 1 fully saturated rings. The Kier molecular flexibility index (Phi) is 11.0. The van der Waals surface area contributed by atoms with Crippen molar-refractivity contribution in [3.05, 3.63) is 26.4 Å². The molecule has 0 radical (unpaired) electrons. The largest absolute Gasteiger partial charge is 0.481 e. The molecule has 0 atom stereocenters. The molecule has 0 spiro atoms. The highest BCUT2D eigenvalue weighted by Crippen LogP contribution is 2.28. The molecule has 1 rings (SSSR count). The van der Waals surface area contributed by atoms with Gasteiger partial charge in [0.05, 0.1) is 11.8 Å². The molecule has 0 amide bonds. The van der Waals surface area contributed by atoms with E-state index < -0.39 is 11.9 Å².